The van der Waals surface area contributed by atoms with Gasteiger partial charge in [-0.1, -0.05) is 12.1 Å². The van der Waals surface area contributed by atoms with E-state index in [2.05, 4.69) is 22.5 Å². The van der Waals surface area contributed by atoms with E-state index in [1.165, 1.54) is 4.88 Å². The Morgan fingerprint density at radius 2 is 2.17 bits per heavy atom. The molecular weight excluding hydrogens is 338 g/mol. The number of aromatic nitrogens is 2. The maximum absolute atomic E-state index is 13.1. The molecule has 6 heteroatoms. The van der Waals surface area contributed by atoms with Crippen molar-refractivity contribution in [2.75, 3.05) is 18.8 Å². The zero-order valence-corrected chi connectivity index (χ0v) is 15.1. The van der Waals surface area contributed by atoms with Crippen molar-refractivity contribution in [2.24, 2.45) is 0 Å². The maximum atomic E-state index is 13.1. The summed E-state index contributed by atoms with van der Waals surface area (Å²) in [5.74, 6) is 1.07. The molecule has 0 aromatic carbocycles. The van der Waals surface area contributed by atoms with Crippen LogP contribution in [-0.4, -0.2) is 39.0 Å². The Labute approximate surface area is 149 Å². The van der Waals surface area contributed by atoms with E-state index in [1.54, 1.807) is 0 Å². The van der Waals surface area contributed by atoms with Gasteiger partial charge in [-0.2, -0.15) is 11.8 Å². The first-order valence-corrected chi connectivity index (χ1v) is 10.0. The number of rotatable bonds is 2. The van der Waals surface area contributed by atoms with E-state index < -0.39 is 0 Å². The molecule has 24 heavy (non-hydrogen) atoms. The first-order valence-electron chi connectivity index (χ1n) is 8.12. The fraction of sp³-hybridized carbons (Fsp3) is 0.333. The van der Waals surface area contributed by atoms with Gasteiger partial charge in [-0.05, 0) is 36.9 Å². The van der Waals surface area contributed by atoms with Crippen LogP contribution >= 0.6 is 23.1 Å². The predicted octanol–water partition coefficient (Wildman–Crippen LogP) is 4.02. The lowest BCUT2D eigenvalue weighted by molar-refractivity contribution is 0.0759. The van der Waals surface area contributed by atoms with Gasteiger partial charge in [0.2, 0.25) is 0 Å². The van der Waals surface area contributed by atoms with Crippen molar-refractivity contribution < 1.29 is 4.79 Å². The number of hydrogen-bond acceptors (Lipinski definition) is 4. The molecule has 0 radical (unpaired) electrons. The molecule has 0 saturated carbocycles. The molecule has 1 aliphatic rings. The van der Waals surface area contributed by atoms with Crippen LogP contribution in [0, 0.1) is 6.92 Å². The number of thioether (sulfide) groups is 1. The van der Waals surface area contributed by atoms with Crippen molar-refractivity contribution in [1.29, 1.82) is 0 Å². The molecule has 124 valence electrons. The minimum Gasteiger partial charge on any atom is -0.336 e. The average molecular weight is 358 g/mol. The lowest BCUT2D eigenvalue weighted by atomic mass is 10.2. The van der Waals surface area contributed by atoms with Crippen LogP contribution in [0.5, 0.6) is 0 Å². The van der Waals surface area contributed by atoms with Gasteiger partial charge in [-0.25, -0.2) is 4.98 Å². The van der Waals surface area contributed by atoms with Crippen molar-refractivity contribution >= 4 is 34.7 Å². The van der Waals surface area contributed by atoms with Crippen molar-refractivity contribution in [3.63, 3.8) is 0 Å². The number of hydrogen-bond donors (Lipinski definition) is 0. The number of thiophene rings is 1. The second-order valence-corrected chi connectivity index (χ2v) is 8.22. The van der Waals surface area contributed by atoms with Crippen molar-refractivity contribution in [3.8, 4) is 0 Å². The Hall–Kier alpha value is -1.79. The van der Waals surface area contributed by atoms with E-state index in [-0.39, 0.29) is 5.91 Å². The minimum absolute atomic E-state index is 0.0960. The van der Waals surface area contributed by atoms with Crippen LogP contribution in [0.1, 0.15) is 32.7 Å². The number of pyridine rings is 1. The molecule has 0 N–H and O–H groups in total. The first kappa shape index (κ1) is 15.7. The molecule has 3 aromatic rings. The molecule has 4 rings (SSSR count). The fourth-order valence-electron chi connectivity index (χ4n) is 3.20. The minimum atomic E-state index is 0.0960. The second kappa shape index (κ2) is 6.61. The molecule has 0 unspecified atom stereocenters. The highest BCUT2D eigenvalue weighted by atomic mass is 32.2. The Morgan fingerprint density at radius 1 is 1.25 bits per heavy atom. The van der Waals surface area contributed by atoms with E-state index in [0.29, 0.717) is 10.9 Å². The van der Waals surface area contributed by atoms with E-state index in [9.17, 15) is 4.79 Å². The number of imidazole rings is 1. The van der Waals surface area contributed by atoms with Gasteiger partial charge in [0.1, 0.15) is 11.3 Å². The van der Waals surface area contributed by atoms with Crippen LogP contribution < -0.4 is 0 Å². The van der Waals surface area contributed by atoms with Crippen molar-refractivity contribution in [2.45, 2.75) is 18.6 Å². The van der Waals surface area contributed by atoms with Gasteiger partial charge in [0.05, 0.1) is 5.69 Å². The largest absolute Gasteiger partial charge is 0.336 e. The maximum Gasteiger partial charge on any atom is 0.272 e. The van der Waals surface area contributed by atoms with Gasteiger partial charge < -0.3 is 4.90 Å². The lowest BCUT2D eigenvalue weighted by Gasteiger charge is -2.20. The molecule has 0 aliphatic carbocycles. The smallest absolute Gasteiger partial charge is 0.272 e. The molecule has 1 saturated heterocycles. The molecule has 1 aliphatic heterocycles. The Morgan fingerprint density at radius 3 is 3.00 bits per heavy atom. The summed E-state index contributed by atoms with van der Waals surface area (Å²) >= 11 is 3.77. The summed E-state index contributed by atoms with van der Waals surface area (Å²) in [5.41, 5.74) is 2.34. The van der Waals surface area contributed by atoms with Crippen LogP contribution in [0.15, 0.2) is 41.9 Å². The molecule has 1 fully saturated rings. The van der Waals surface area contributed by atoms with Crippen LogP contribution in [0.25, 0.3) is 5.65 Å². The van der Waals surface area contributed by atoms with Gasteiger partial charge in [-0.15, -0.1) is 11.3 Å². The summed E-state index contributed by atoms with van der Waals surface area (Å²) in [6.07, 6.45) is 2.93. The average Bonchev–Trinajstić information content (AvgIpc) is 3.15. The van der Waals surface area contributed by atoms with Gasteiger partial charge >= 0.3 is 0 Å². The zero-order valence-electron chi connectivity index (χ0n) is 13.5. The topological polar surface area (TPSA) is 37.6 Å². The van der Waals surface area contributed by atoms with Gasteiger partial charge in [0.15, 0.2) is 0 Å². The standard InChI is InChI=1S/C18H19N3OS2/c1-13-17(21-8-3-2-6-16(21)19-13)18(22)20-9-7-15(24-12-10-20)14-5-4-11-23-14/h2-6,8,11,15H,7,9-10,12H2,1H3/t15-/m1/s1. The molecule has 0 bridgehead atoms. The third-order valence-electron chi connectivity index (χ3n) is 4.40. The summed E-state index contributed by atoms with van der Waals surface area (Å²) in [7, 11) is 0. The van der Waals surface area contributed by atoms with Gasteiger partial charge in [0, 0.05) is 35.2 Å². The van der Waals surface area contributed by atoms with Crippen LogP contribution in [0.4, 0.5) is 0 Å². The number of nitrogens with zero attached hydrogens (tertiary/aromatic N) is 3. The SMILES string of the molecule is Cc1nc2ccccn2c1C(=O)N1CCS[C@@H](c2cccs2)CC1. The normalized spacial score (nSPS) is 18.7. The van der Waals surface area contributed by atoms with Gasteiger partial charge in [0.25, 0.3) is 5.91 Å². The molecule has 1 amide bonds. The summed E-state index contributed by atoms with van der Waals surface area (Å²) in [6, 6.07) is 10.1. The summed E-state index contributed by atoms with van der Waals surface area (Å²) in [6.45, 7) is 3.51. The van der Waals surface area contributed by atoms with E-state index in [4.69, 9.17) is 0 Å². The zero-order chi connectivity index (χ0) is 16.5. The molecular formula is C18H19N3OS2. The molecule has 4 nitrogen and oxygen atoms in total. The summed E-state index contributed by atoms with van der Waals surface area (Å²) in [4.78, 5) is 21.0. The van der Waals surface area contributed by atoms with Crippen LogP contribution in [-0.2, 0) is 0 Å². The van der Waals surface area contributed by atoms with Gasteiger partial charge in [-0.3, -0.25) is 9.20 Å². The lowest BCUT2D eigenvalue weighted by Crippen LogP contribution is -2.34. The molecule has 1 atom stereocenters. The van der Waals surface area contributed by atoms with Crippen molar-refractivity contribution in [3.05, 3.63) is 58.2 Å². The summed E-state index contributed by atoms with van der Waals surface area (Å²) < 4.78 is 1.91. The van der Waals surface area contributed by atoms with Crippen LogP contribution in [0.3, 0.4) is 0 Å². The quantitative estimate of drug-likeness (QED) is 0.695. The molecule has 4 heterocycles. The summed E-state index contributed by atoms with van der Waals surface area (Å²) in [5, 5.41) is 2.64. The third kappa shape index (κ3) is 2.84. The van der Waals surface area contributed by atoms with E-state index in [0.717, 1.165) is 36.6 Å². The number of amides is 1. The number of carbonyl (C=O) groups excluding carboxylic acids is 1. The Kier molecular flexibility index (Phi) is 4.33. The highest BCUT2D eigenvalue weighted by Crippen LogP contribution is 2.37. The highest BCUT2D eigenvalue weighted by molar-refractivity contribution is 7.99. The monoisotopic (exact) mass is 357 g/mol. The third-order valence-corrected chi connectivity index (χ3v) is 6.84. The molecule has 3 aromatic heterocycles. The number of fused-ring (bicyclic) bond motifs is 1. The first-order chi connectivity index (χ1) is 11.7. The fourth-order valence-corrected chi connectivity index (χ4v) is 5.43. The Bertz CT molecular complexity index is 856. The van der Waals surface area contributed by atoms with Crippen LogP contribution in [0.2, 0.25) is 0 Å². The van der Waals surface area contributed by atoms with E-state index in [1.807, 2.05) is 63.7 Å². The van der Waals surface area contributed by atoms with E-state index >= 15 is 0 Å². The predicted molar refractivity (Wildman–Crippen MR) is 100.0 cm³/mol. The Balaban J connectivity index is 1.57. The van der Waals surface area contributed by atoms with Crippen molar-refractivity contribution in [1.82, 2.24) is 14.3 Å². The molecule has 0 spiro atoms. The number of aryl methyl sites for hydroxylation is 1. The second-order valence-electron chi connectivity index (χ2n) is 5.93. The number of carbonyl (C=O) groups is 1. The highest BCUT2D eigenvalue weighted by Gasteiger charge is 2.26.